The van der Waals surface area contributed by atoms with Gasteiger partial charge in [-0.3, -0.25) is 0 Å². The highest BCUT2D eigenvalue weighted by molar-refractivity contribution is 5.69. The SMILES string of the molecule is CCCCCCCCCCCCC(C(=O)O)[n+]1ccccc1.[OH-]. The molecule has 0 bridgehead atoms. The van der Waals surface area contributed by atoms with Gasteiger partial charge in [-0.15, -0.1) is 0 Å². The van der Waals surface area contributed by atoms with E-state index >= 15 is 0 Å². The average molecular weight is 323 g/mol. The lowest BCUT2D eigenvalue weighted by Crippen LogP contribution is -2.43. The summed E-state index contributed by atoms with van der Waals surface area (Å²) in [6, 6.07) is 5.26. The first-order chi connectivity index (χ1) is 10.8. The van der Waals surface area contributed by atoms with Crippen molar-refractivity contribution < 1.29 is 19.9 Å². The van der Waals surface area contributed by atoms with Crippen LogP contribution in [0.5, 0.6) is 0 Å². The average Bonchev–Trinajstić information content (AvgIpc) is 2.53. The van der Waals surface area contributed by atoms with Gasteiger partial charge in [0.2, 0.25) is 0 Å². The number of aliphatic carboxylic acids is 1. The minimum absolute atomic E-state index is 0. The fourth-order valence-corrected chi connectivity index (χ4v) is 2.84. The molecule has 0 fully saturated rings. The van der Waals surface area contributed by atoms with Gasteiger partial charge in [-0.1, -0.05) is 70.8 Å². The third-order valence-corrected chi connectivity index (χ3v) is 4.21. The maximum atomic E-state index is 11.4. The third kappa shape index (κ3) is 10.1. The fraction of sp³-hybridized carbons (Fsp3) is 0.684. The Morgan fingerprint density at radius 1 is 0.870 bits per heavy atom. The highest BCUT2D eigenvalue weighted by Crippen LogP contribution is 2.14. The van der Waals surface area contributed by atoms with Crippen LogP contribution in [-0.4, -0.2) is 16.6 Å². The molecule has 1 aromatic rings. The molecule has 0 aromatic carbocycles. The summed E-state index contributed by atoms with van der Waals surface area (Å²) in [7, 11) is 0. The molecule has 0 aliphatic carbocycles. The van der Waals surface area contributed by atoms with Crippen LogP contribution >= 0.6 is 0 Å². The molecule has 1 aromatic heterocycles. The summed E-state index contributed by atoms with van der Waals surface area (Å²) in [6.45, 7) is 2.25. The monoisotopic (exact) mass is 323 g/mol. The number of rotatable bonds is 13. The van der Waals surface area contributed by atoms with Crippen molar-refractivity contribution in [3.05, 3.63) is 30.6 Å². The summed E-state index contributed by atoms with van der Waals surface area (Å²) in [5.74, 6) is -0.730. The van der Waals surface area contributed by atoms with Crippen LogP contribution in [-0.2, 0) is 4.79 Å². The quantitative estimate of drug-likeness (QED) is 0.421. The van der Waals surface area contributed by atoms with Crippen LogP contribution in [0.15, 0.2) is 30.6 Å². The summed E-state index contributed by atoms with van der Waals surface area (Å²) >= 11 is 0. The maximum Gasteiger partial charge on any atom is 0.373 e. The Balaban J connectivity index is 0.00000484. The predicted molar refractivity (Wildman–Crippen MR) is 91.7 cm³/mol. The zero-order valence-corrected chi connectivity index (χ0v) is 14.5. The Bertz CT molecular complexity index is 395. The molecule has 2 N–H and O–H groups in total. The molecule has 0 saturated heterocycles. The molecule has 4 nitrogen and oxygen atoms in total. The van der Waals surface area contributed by atoms with Crippen molar-refractivity contribution in [3.8, 4) is 0 Å². The summed E-state index contributed by atoms with van der Waals surface area (Å²) < 4.78 is 1.80. The Kier molecular flexibility index (Phi) is 13.3. The highest BCUT2D eigenvalue weighted by atomic mass is 16.4. The topological polar surface area (TPSA) is 71.2 Å². The lowest BCUT2D eigenvalue weighted by molar-refractivity contribution is -0.711. The van der Waals surface area contributed by atoms with Gasteiger partial charge in [-0.2, -0.15) is 4.57 Å². The number of pyridine rings is 1. The number of unbranched alkanes of at least 4 members (excludes halogenated alkanes) is 9. The highest BCUT2D eigenvalue weighted by Gasteiger charge is 2.25. The van der Waals surface area contributed by atoms with E-state index in [0.717, 1.165) is 19.3 Å². The number of hydrogen-bond acceptors (Lipinski definition) is 2. The van der Waals surface area contributed by atoms with Crippen LogP contribution in [0.4, 0.5) is 0 Å². The minimum Gasteiger partial charge on any atom is -0.870 e. The van der Waals surface area contributed by atoms with Crippen LogP contribution in [0.25, 0.3) is 0 Å². The third-order valence-electron chi connectivity index (χ3n) is 4.21. The van der Waals surface area contributed by atoms with E-state index in [-0.39, 0.29) is 5.48 Å². The molecule has 1 unspecified atom stereocenters. The van der Waals surface area contributed by atoms with Gasteiger partial charge in [0.1, 0.15) is 0 Å². The number of aromatic nitrogens is 1. The largest absolute Gasteiger partial charge is 0.870 e. The first-order valence-corrected chi connectivity index (χ1v) is 8.94. The lowest BCUT2D eigenvalue weighted by atomic mass is 10.0. The van der Waals surface area contributed by atoms with Crippen molar-refractivity contribution in [2.24, 2.45) is 0 Å². The van der Waals surface area contributed by atoms with E-state index < -0.39 is 12.0 Å². The van der Waals surface area contributed by atoms with Crippen molar-refractivity contribution in [2.75, 3.05) is 0 Å². The standard InChI is InChI=1S/C19H31NO2.H2O/c1-2-3-4-5-6-7-8-9-10-12-15-18(19(21)22)20-16-13-11-14-17-20;/h11,13-14,16-18H,2-10,12,15H2,1H3;1H2. The zero-order valence-electron chi connectivity index (χ0n) is 14.5. The van der Waals surface area contributed by atoms with Gasteiger partial charge in [0.25, 0.3) is 6.04 Å². The van der Waals surface area contributed by atoms with Gasteiger partial charge in [-0.25, -0.2) is 4.79 Å². The maximum absolute atomic E-state index is 11.4. The van der Waals surface area contributed by atoms with E-state index in [1.54, 1.807) is 4.57 Å². The van der Waals surface area contributed by atoms with Crippen molar-refractivity contribution in [2.45, 2.75) is 83.6 Å². The first-order valence-electron chi connectivity index (χ1n) is 8.94. The molecule has 0 aliphatic heterocycles. The van der Waals surface area contributed by atoms with Crippen LogP contribution in [0, 0.1) is 0 Å². The van der Waals surface area contributed by atoms with Crippen LogP contribution in [0.3, 0.4) is 0 Å². The summed E-state index contributed by atoms with van der Waals surface area (Å²) in [4.78, 5) is 11.4. The van der Waals surface area contributed by atoms with E-state index in [0.29, 0.717) is 0 Å². The molecular formula is C19H33NO3. The molecule has 1 heterocycles. The van der Waals surface area contributed by atoms with Crippen LogP contribution < -0.4 is 4.57 Å². The molecule has 0 aliphatic rings. The summed E-state index contributed by atoms with van der Waals surface area (Å²) in [5, 5.41) is 9.35. The Labute approximate surface area is 140 Å². The fourth-order valence-electron chi connectivity index (χ4n) is 2.84. The molecule has 23 heavy (non-hydrogen) atoms. The normalized spacial score (nSPS) is 11.7. The van der Waals surface area contributed by atoms with E-state index in [2.05, 4.69) is 6.92 Å². The Morgan fingerprint density at radius 2 is 1.35 bits per heavy atom. The van der Waals surface area contributed by atoms with E-state index in [1.165, 1.54) is 51.4 Å². The molecule has 0 amide bonds. The molecule has 4 heteroatoms. The predicted octanol–water partition coefficient (Wildman–Crippen LogP) is 4.73. The van der Waals surface area contributed by atoms with Crippen molar-refractivity contribution in [3.63, 3.8) is 0 Å². The molecule has 1 rings (SSSR count). The number of carboxylic acid groups (broad SMARTS) is 1. The Hall–Kier alpha value is -1.42. The zero-order chi connectivity index (χ0) is 16.0. The van der Waals surface area contributed by atoms with Crippen molar-refractivity contribution >= 4 is 5.97 Å². The molecular weight excluding hydrogens is 290 g/mol. The molecule has 0 radical (unpaired) electrons. The van der Waals surface area contributed by atoms with Gasteiger partial charge in [0.15, 0.2) is 12.4 Å². The molecule has 132 valence electrons. The van der Waals surface area contributed by atoms with Gasteiger partial charge in [-0.05, 0) is 6.42 Å². The number of nitrogens with zero attached hydrogens (tertiary/aromatic N) is 1. The summed E-state index contributed by atoms with van der Waals surface area (Å²) in [6.07, 6.45) is 17.2. The van der Waals surface area contributed by atoms with E-state index in [9.17, 15) is 9.90 Å². The number of carbonyl (C=O) groups is 1. The van der Waals surface area contributed by atoms with Crippen molar-refractivity contribution in [1.29, 1.82) is 0 Å². The van der Waals surface area contributed by atoms with E-state index in [4.69, 9.17) is 0 Å². The smallest absolute Gasteiger partial charge is 0.373 e. The lowest BCUT2D eigenvalue weighted by Gasteiger charge is -2.07. The molecule has 0 saturated carbocycles. The van der Waals surface area contributed by atoms with Crippen LogP contribution in [0.2, 0.25) is 0 Å². The minimum atomic E-state index is -0.730. The van der Waals surface area contributed by atoms with E-state index in [1.807, 2.05) is 30.6 Å². The summed E-state index contributed by atoms with van der Waals surface area (Å²) in [5.41, 5.74) is 0. The van der Waals surface area contributed by atoms with Crippen LogP contribution in [0.1, 0.15) is 83.6 Å². The van der Waals surface area contributed by atoms with Gasteiger partial charge < -0.3 is 10.6 Å². The number of carboxylic acids is 1. The van der Waals surface area contributed by atoms with Gasteiger partial charge in [0.05, 0.1) is 0 Å². The molecule has 0 spiro atoms. The first kappa shape index (κ1) is 21.6. The second kappa shape index (κ2) is 14.2. The Morgan fingerprint density at radius 3 is 1.83 bits per heavy atom. The van der Waals surface area contributed by atoms with Gasteiger partial charge >= 0.3 is 5.97 Å². The molecule has 1 atom stereocenters. The second-order valence-electron chi connectivity index (χ2n) is 6.15. The van der Waals surface area contributed by atoms with Crippen molar-refractivity contribution in [1.82, 2.24) is 0 Å². The second-order valence-corrected chi connectivity index (χ2v) is 6.15. The number of hydrogen-bond donors (Lipinski definition) is 1. The van der Waals surface area contributed by atoms with Gasteiger partial charge in [0, 0.05) is 18.6 Å².